The van der Waals surface area contributed by atoms with Crippen molar-refractivity contribution in [2.45, 2.75) is 19.8 Å². The Hall–Kier alpha value is -2.51. The van der Waals surface area contributed by atoms with Crippen LogP contribution in [0.1, 0.15) is 35.2 Å². The molecule has 2 aromatic rings. The molecule has 0 aliphatic rings. The molecule has 0 aliphatic heterocycles. The summed E-state index contributed by atoms with van der Waals surface area (Å²) in [4.78, 5) is 12.1. The van der Waals surface area contributed by atoms with Crippen molar-refractivity contribution in [3.63, 3.8) is 0 Å². The molecule has 0 saturated heterocycles. The highest BCUT2D eigenvalue weighted by atomic mass is 16.3. The molecule has 1 heterocycles. The minimum absolute atomic E-state index is 0.0215. The molecule has 2 rings (SSSR count). The molecule has 0 unspecified atom stereocenters. The zero-order chi connectivity index (χ0) is 15.1. The molecule has 2 N–H and O–H groups in total. The van der Waals surface area contributed by atoms with Gasteiger partial charge in [0.05, 0.1) is 12.3 Å². The Morgan fingerprint density at radius 3 is 2.81 bits per heavy atom. The van der Waals surface area contributed by atoms with Crippen LogP contribution in [-0.2, 0) is 6.42 Å². The monoisotopic (exact) mass is 283 g/mol. The summed E-state index contributed by atoms with van der Waals surface area (Å²) in [5, 5.41) is 11.5. The molecule has 0 atom stereocenters. The summed E-state index contributed by atoms with van der Waals surface area (Å²) in [6, 6.07) is 10.7. The molecular weight excluding hydrogens is 266 g/mol. The maximum atomic E-state index is 12.1. The molecule has 1 aromatic carbocycles. The van der Waals surface area contributed by atoms with Gasteiger partial charge >= 0.3 is 0 Å². The van der Waals surface area contributed by atoms with Crippen LogP contribution in [0.3, 0.4) is 0 Å². The van der Waals surface area contributed by atoms with Gasteiger partial charge in [-0.1, -0.05) is 30.9 Å². The number of anilines is 1. The third kappa shape index (κ3) is 3.98. The number of carbonyl (C=O) groups is 1. The summed E-state index contributed by atoms with van der Waals surface area (Å²) in [7, 11) is 0. The van der Waals surface area contributed by atoms with Gasteiger partial charge in [-0.15, -0.1) is 0 Å². The van der Waals surface area contributed by atoms with E-state index in [4.69, 9.17) is 9.52 Å². The van der Waals surface area contributed by atoms with Gasteiger partial charge in [-0.25, -0.2) is 0 Å². The lowest BCUT2D eigenvalue weighted by Crippen LogP contribution is -2.11. The minimum atomic E-state index is -0.300. The molecule has 0 bridgehead atoms. The molecule has 0 spiro atoms. The van der Waals surface area contributed by atoms with Gasteiger partial charge in [-0.2, -0.15) is 0 Å². The van der Waals surface area contributed by atoms with Crippen LogP contribution in [0.25, 0.3) is 0 Å². The van der Waals surface area contributed by atoms with Crippen LogP contribution >= 0.6 is 0 Å². The van der Waals surface area contributed by atoms with E-state index in [2.05, 4.69) is 17.2 Å². The van der Waals surface area contributed by atoms with Gasteiger partial charge in [0.1, 0.15) is 5.76 Å². The molecule has 0 fully saturated rings. The number of hydrogen-bond acceptors (Lipinski definition) is 3. The number of nitrogens with one attached hydrogen (secondary N) is 1. The van der Waals surface area contributed by atoms with E-state index in [0.717, 1.165) is 12.2 Å². The molecule has 0 aliphatic carbocycles. The van der Waals surface area contributed by atoms with Gasteiger partial charge in [-0.3, -0.25) is 4.79 Å². The van der Waals surface area contributed by atoms with Crippen LogP contribution in [0, 0.1) is 11.8 Å². The lowest BCUT2D eigenvalue weighted by molar-refractivity contribution is 0.0995. The number of benzene rings is 1. The first-order chi connectivity index (χ1) is 10.2. The Morgan fingerprint density at radius 1 is 1.29 bits per heavy atom. The fraction of sp³-hybridized carbons (Fsp3) is 0.235. The number of hydrogen-bond donors (Lipinski definition) is 2. The number of furan rings is 1. The third-order valence-electron chi connectivity index (χ3n) is 2.87. The Bertz CT molecular complexity index is 677. The second-order valence-corrected chi connectivity index (χ2v) is 4.39. The average Bonchev–Trinajstić information content (AvgIpc) is 2.98. The number of para-hydroxylation sites is 1. The van der Waals surface area contributed by atoms with Crippen molar-refractivity contribution in [3.8, 4) is 11.8 Å². The fourth-order valence-electron chi connectivity index (χ4n) is 1.79. The van der Waals surface area contributed by atoms with E-state index in [9.17, 15) is 4.79 Å². The van der Waals surface area contributed by atoms with Gasteiger partial charge in [0, 0.05) is 18.4 Å². The Balaban J connectivity index is 2.16. The summed E-state index contributed by atoms with van der Waals surface area (Å²) in [6.45, 7) is 1.99. The average molecular weight is 283 g/mol. The SMILES string of the molecule is CCc1ccc(C(=O)Nc2ccccc2C#CCCO)o1. The van der Waals surface area contributed by atoms with E-state index < -0.39 is 0 Å². The summed E-state index contributed by atoms with van der Waals surface area (Å²) in [5.41, 5.74) is 1.34. The summed E-state index contributed by atoms with van der Waals surface area (Å²) >= 11 is 0. The second-order valence-electron chi connectivity index (χ2n) is 4.39. The Morgan fingerprint density at radius 2 is 2.10 bits per heavy atom. The van der Waals surface area contributed by atoms with E-state index in [1.165, 1.54) is 0 Å². The number of aryl methyl sites for hydroxylation is 1. The van der Waals surface area contributed by atoms with Crippen LogP contribution in [0.5, 0.6) is 0 Å². The Labute approximate surface area is 123 Å². The first-order valence-corrected chi connectivity index (χ1v) is 6.83. The van der Waals surface area contributed by atoms with Gasteiger partial charge in [0.15, 0.2) is 5.76 Å². The largest absolute Gasteiger partial charge is 0.456 e. The number of carbonyl (C=O) groups excluding carboxylic acids is 1. The van der Waals surface area contributed by atoms with Crippen LogP contribution in [0.2, 0.25) is 0 Å². The number of amides is 1. The molecule has 0 radical (unpaired) electrons. The van der Waals surface area contributed by atoms with Gasteiger partial charge in [0.25, 0.3) is 5.91 Å². The quantitative estimate of drug-likeness (QED) is 0.848. The van der Waals surface area contributed by atoms with Crippen LogP contribution < -0.4 is 5.32 Å². The topological polar surface area (TPSA) is 62.5 Å². The smallest absolute Gasteiger partial charge is 0.291 e. The molecule has 0 saturated carbocycles. The van der Waals surface area contributed by atoms with Crippen molar-refractivity contribution in [1.82, 2.24) is 0 Å². The summed E-state index contributed by atoms with van der Waals surface area (Å²) in [5.74, 6) is 6.53. The second kappa shape index (κ2) is 7.32. The standard InChI is InChI=1S/C17H17NO3/c1-2-14-10-11-16(21-14)17(20)18-15-9-4-3-7-13(15)8-5-6-12-19/h3-4,7,9-11,19H,2,6,12H2,1H3,(H,18,20). The highest BCUT2D eigenvalue weighted by Crippen LogP contribution is 2.16. The lowest BCUT2D eigenvalue weighted by atomic mass is 10.1. The minimum Gasteiger partial charge on any atom is -0.456 e. The molecule has 4 nitrogen and oxygen atoms in total. The van der Waals surface area contributed by atoms with Crippen LogP contribution in [-0.4, -0.2) is 17.6 Å². The molecule has 1 amide bonds. The fourth-order valence-corrected chi connectivity index (χ4v) is 1.79. The third-order valence-corrected chi connectivity index (χ3v) is 2.87. The number of aliphatic hydroxyl groups excluding tert-OH is 1. The first kappa shape index (κ1) is 14.9. The summed E-state index contributed by atoms with van der Waals surface area (Å²) < 4.78 is 5.42. The normalized spacial score (nSPS) is 9.81. The van der Waals surface area contributed by atoms with Gasteiger partial charge < -0.3 is 14.8 Å². The van der Waals surface area contributed by atoms with Crippen molar-refractivity contribution in [3.05, 3.63) is 53.5 Å². The maximum Gasteiger partial charge on any atom is 0.291 e. The lowest BCUT2D eigenvalue weighted by Gasteiger charge is -2.05. The van der Waals surface area contributed by atoms with E-state index in [0.29, 0.717) is 17.7 Å². The zero-order valence-corrected chi connectivity index (χ0v) is 11.8. The van der Waals surface area contributed by atoms with E-state index in [1.54, 1.807) is 18.2 Å². The van der Waals surface area contributed by atoms with E-state index >= 15 is 0 Å². The zero-order valence-electron chi connectivity index (χ0n) is 11.8. The molecular formula is C17H17NO3. The highest BCUT2D eigenvalue weighted by molar-refractivity contribution is 6.03. The van der Waals surface area contributed by atoms with Crippen molar-refractivity contribution in [1.29, 1.82) is 0 Å². The van der Waals surface area contributed by atoms with E-state index in [-0.39, 0.29) is 18.3 Å². The van der Waals surface area contributed by atoms with Crippen LogP contribution in [0.4, 0.5) is 5.69 Å². The van der Waals surface area contributed by atoms with Crippen molar-refractivity contribution in [2.75, 3.05) is 11.9 Å². The maximum absolute atomic E-state index is 12.1. The number of rotatable bonds is 4. The predicted octanol–water partition coefficient (Wildman–Crippen LogP) is 2.83. The van der Waals surface area contributed by atoms with Gasteiger partial charge in [0.2, 0.25) is 0 Å². The van der Waals surface area contributed by atoms with Crippen LogP contribution in [0.15, 0.2) is 40.8 Å². The Kier molecular flexibility index (Phi) is 5.19. The molecule has 4 heteroatoms. The molecule has 108 valence electrons. The van der Waals surface area contributed by atoms with Gasteiger partial charge in [-0.05, 0) is 24.3 Å². The highest BCUT2D eigenvalue weighted by Gasteiger charge is 2.12. The number of aliphatic hydroxyl groups is 1. The predicted molar refractivity (Wildman–Crippen MR) is 81.1 cm³/mol. The summed E-state index contributed by atoms with van der Waals surface area (Å²) in [6.07, 6.45) is 1.15. The molecule has 21 heavy (non-hydrogen) atoms. The van der Waals surface area contributed by atoms with Crippen molar-refractivity contribution in [2.24, 2.45) is 0 Å². The van der Waals surface area contributed by atoms with E-state index in [1.807, 2.05) is 25.1 Å². The van der Waals surface area contributed by atoms with Crippen molar-refractivity contribution < 1.29 is 14.3 Å². The first-order valence-electron chi connectivity index (χ1n) is 6.83. The van der Waals surface area contributed by atoms with Crippen molar-refractivity contribution >= 4 is 11.6 Å². The molecule has 1 aromatic heterocycles.